The van der Waals surface area contributed by atoms with Gasteiger partial charge in [-0.15, -0.1) is 12.4 Å². The van der Waals surface area contributed by atoms with Crippen LogP contribution >= 0.6 is 24.0 Å². The fraction of sp³-hybridized carbons (Fsp3) is 0.529. The fourth-order valence-corrected chi connectivity index (χ4v) is 2.08. The molecule has 0 spiro atoms. The minimum absolute atomic E-state index is 0. The minimum Gasteiger partial charge on any atom is -0.352 e. The van der Waals surface area contributed by atoms with Crippen LogP contribution in [0.15, 0.2) is 24.3 Å². The number of amides is 2. The summed E-state index contributed by atoms with van der Waals surface area (Å²) >= 11 is 5.82. The van der Waals surface area contributed by atoms with Crippen molar-refractivity contribution in [3.63, 3.8) is 0 Å². The van der Waals surface area contributed by atoms with Crippen molar-refractivity contribution < 1.29 is 9.59 Å². The van der Waals surface area contributed by atoms with Gasteiger partial charge in [0.05, 0.1) is 0 Å². The highest BCUT2D eigenvalue weighted by molar-refractivity contribution is 6.30. The van der Waals surface area contributed by atoms with Crippen LogP contribution in [-0.4, -0.2) is 29.9 Å². The maximum absolute atomic E-state index is 12.4. The van der Waals surface area contributed by atoms with Crippen molar-refractivity contribution in [3.8, 4) is 0 Å². The molecule has 0 aromatic heterocycles. The topological polar surface area (TPSA) is 84.2 Å². The predicted octanol–water partition coefficient (Wildman–Crippen LogP) is 2.76. The van der Waals surface area contributed by atoms with Gasteiger partial charge in [0.25, 0.3) is 5.91 Å². The summed E-state index contributed by atoms with van der Waals surface area (Å²) in [5, 5.41) is 6.17. The third kappa shape index (κ3) is 7.51. The molecule has 0 saturated carbocycles. The SMILES string of the molecule is CCC(C)C(NC(=O)c1ccc(Cl)cc1)C(=O)NCC(C)(C)N.Cl. The van der Waals surface area contributed by atoms with Crippen molar-refractivity contribution in [3.05, 3.63) is 34.9 Å². The first-order chi connectivity index (χ1) is 10.6. The van der Waals surface area contributed by atoms with Gasteiger partial charge in [0.2, 0.25) is 5.91 Å². The maximum atomic E-state index is 12.4. The van der Waals surface area contributed by atoms with Gasteiger partial charge in [-0.2, -0.15) is 0 Å². The molecule has 136 valence electrons. The first kappa shape index (κ1) is 22.7. The van der Waals surface area contributed by atoms with Crippen molar-refractivity contribution in [2.45, 2.75) is 45.7 Å². The molecule has 7 heteroatoms. The Balaban J connectivity index is 0.00000529. The first-order valence-electron chi connectivity index (χ1n) is 7.77. The van der Waals surface area contributed by atoms with Crippen LogP contribution < -0.4 is 16.4 Å². The zero-order chi connectivity index (χ0) is 17.6. The van der Waals surface area contributed by atoms with Crippen molar-refractivity contribution in [1.82, 2.24) is 10.6 Å². The van der Waals surface area contributed by atoms with Crippen LogP contribution in [0.4, 0.5) is 0 Å². The number of halogens is 2. The van der Waals surface area contributed by atoms with Crippen molar-refractivity contribution >= 4 is 35.8 Å². The lowest BCUT2D eigenvalue weighted by Gasteiger charge is -2.26. The highest BCUT2D eigenvalue weighted by Gasteiger charge is 2.27. The van der Waals surface area contributed by atoms with Gasteiger partial charge in [0.1, 0.15) is 6.04 Å². The molecule has 5 nitrogen and oxygen atoms in total. The summed E-state index contributed by atoms with van der Waals surface area (Å²) in [4.78, 5) is 24.7. The van der Waals surface area contributed by atoms with E-state index in [-0.39, 0.29) is 30.1 Å². The molecule has 0 radical (unpaired) electrons. The molecular weight excluding hydrogens is 349 g/mol. The molecule has 1 rings (SSSR count). The molecule has 1 aromatic rings. The van der Waals surface area contributed by atoms with Gasteiger partial charge >= 0.3 is 0 Å². The average molecular weight is 376 g/mol. The van der Waals surface area contributed by atoms with Crippen LogP contribution in [0.5, 0.6) is 0 Å². The highest BCUT2D eigenvalue weighted by atomic mass is 35.5. The van der Waals surface area contributed by atoms with Crippen molar-refractivity contribution in [2.75, 3.05) is 6.54 Å². The number of hydrogen-bond donors (Lipinski definition) is 3. The molecule has 0 fully saturated rings. The van der Waals surface area contributed by atoms with E-state index < -0.39 is 11.6 Å². The molecule has 0 bridgehead atoms. The van der Waals surface area contributed by atoms with E-state index in [1.165, 1.54) is 0 Å². The Kier molecular flexibility index (Phi) is 9.33. The Hall–Kier alpha value is -1.30. The van der Waals surface area contributed by atoms with Crippen molar-refractivity contribution in [1.29, 1.82) is 0 Å². The quantitative estimate of drug-likeness (QED) is 0.684. The maximum Gasteiger partial charge on any atom is 0.251 e. The zero-order valence-electron chi connectivity index (χ0n) is 14.6. The number of benzene rings is 1. The minimum atomic E-state index is -0.606. The molecule has 0 aliphatic carbocycles. The summed E-state index contributed by atoms with van der Waals surface area (Å²) in [6.07, 6.45) is 0.769. The van der Waals surface area contributed by atoms with E-state index in [2.05, 4.69) is 10.6 Å². The second-order valence-corrected chi connectivity index (χ2v) is 6.99. The number of carbonyl (C=O) groups excluding carboxylic acids is 2. The first-order valence-corrected chi connectivity index (χ1v) is 8.15. The lowest BCUT2D eigenvalue weighted by atomic mass is 9.97. The molecule has 0 heterocycles. The van der Waals surface area contributed by atoms with E-state index in [1.54, 1.807) is 24.3 Å². The highest BCUT2D eigenvalue weighted by Crippen LogP contribution is 2.12. The van der Waals surface area contributed by atoms with Gasteiger partial charge < -0.3 is 16.4 Å². The lowest BCUT2D eigenvalue weighted by Crippen LogP contribution is -2.54. The summed E-state index contributed by atoms with van der Waals surface area (Å²) in [6.45, 7) is 7.91. The molecule has 2 atom stereocenters. The predicted molar refractivity (Wildman–Crippen MR) is 101 cm³/mol. The van der Waals surface area contributed by atoms with E-state index in [4.69, 9.17) is 17.3 Å². The summed E-state index contributed by atoms with van der Waals surface area (Å²) in [6, 6.07) is 5.95. The average Bonchev–Trinajstić information content (AvgIpc) is 2.49. The van der Waals surface area contributed by atoms with Crippen LogP contribution in [0, 0.1) is 5.92 Å². The molecule has 1 aromatic carbocycles. The zero-order valence-corrected chi connectivity index (χ0v) is 16.1. The van der Waals surface area contributed by atoms with Gasteiger partial charge in [0, 0.05) is 22.7 Å². The van der Waals surface area contributed by atoms with Gasteiger partial charge in [-0.1, -0.05) is 31.9 Å². The van der Waals surface area contributed by atoms with Crippen LogP contribution in [0.3, 0.4) is 0 Å². The number of rotatable bonds is 7. The Labute approximate surface area is 155 Å². The normalized spacial score (nSPS) is 13.4. The molecule has 0 saturated heterocycles. The standard InChI is InChI=1S/C17H26ClN3O2.ClH/c1-5-11(2)14(16(23)20-10-17(3,4)19)21-15(22)12-6-8-13(18)9-7-12;/h6-9,11,14H,5,10,19H2,1-4H3,(H,20,23)(H,21,22);1H. The van der Waals surface area contributed by atoms with Gasteiger partial charge in [-0.05, 0) is 44.0 Å². The number of nitrogens with one attached hydrogen (secondary N) is 2. The van der Waals surface area contributed by atoms with Gasteiger partial charge in [0.15, 0.2) is 0 Å². The number of hydrogen-bond acceptors (Lipinski definition) is 3. The molecular formula is C17H27Cl2N3O2. The van der Waals surface area contributed by atoms with E-state index in [0.717, 1.165) is 6.42 Å². The Morgan fingerprint density at radius 2 is 1.79 bits per heavy atom. The summed E-state index contributed by atoms with van der Waals surface area (Å²) in [5.74, 6) is -0.513. The molecule has 4 N–H and O–H groups in total. The monoisotopic (exact) mass is 375 g/mol. The number of nitrogens with two attached hydrogens (primary N) is 1. The second-order valence-electron chi connectivity index (χ2n) is 6.55. The Bertz CT molecular complexity index is 542. The lowest BCUT2D eigenvalue weighted by molar-refractivity contribution is -0.124. The largest absolute Gasteiger partial charge is 0.352 e. The summed E-state index contributed by atoms with van der Waals surface area (Å²) in [5.41, 5.74) is 5.85. The van der Waals surface area contributed by atoms with Crippen LogP contribution in [0.1, 0.15) is 44.5 Å². The molecule has 2 unspecified atom stereocenters. The molecule has 24 heavy (non-hydrogen) atoms. The van der Waals surface area contributed by atoms with E-state index in [0.29, 0.717) is 17.1 Å². The van der Waals surface area contributed by atoms with Crippen molar-refractivity contribution in [2.24, 2.45) is 11.7 Å². The Morgan fingerprint density at radius 3 is 2.25 bits per heavy atom. The summed E-state index contributed by atoms with van der Waals surface area (Å²) < 4.78 is 0. The van der Waals surface area contributed by atoms with E-state index in [9.17, 15) is 9.59 Å². The van der Waals surface area contributed by atoms with E-state index >= 15 is 0 Å². The van der Waals surface area contributed by atoms with Gasteiger partial charge in [-0.3, -0.25) is 9.59 Å². The van der Waals surface area contributed by atoms with Gasteiger partial charge in [-0.25, -0.2) is 0 Å². The molecule has 0 aliphatic heterocycles. The third-order valence-electron chi connectivity index (χ3n) is 3.61. The molecule has 0 aliphatic rings. The van der Waals surface area contributed by atoms with E-state index in [1.807, 2.05) is 27.7 Å². The van der Waals surface area contributed by atoms with Crippen LogP contribution in [0.2, 0.25) is 5.02 Å². The third-order valence-corrected chi connectivity index (χ3v) is 3.86. The van der Waals surface area contributed by atoms with Crippen LogP contribution in [0.25, 0.3) is 0 Å². The molecule has 2 amide bonds. The smallest absolute Gasteiger partial charge is 0.251 e. The Morgan fingerprint density at radius 1 is 1.25 bits per heavy atom. The second kappa shape index (κ2) is 9.87. The number of carbonyl (C=O) groups is 2. The van der Waals surface area contributed by atoms with Crippen LogP contribution in [-0.2, 0) is 4.79 Å². The fourth-order valence-electron chi connectivity index (χ4n) is 1.95. The summed E-state index contributed by atoms with van der Waals surface area (Å²) in [7, 11) is 0.